The summed E-state index contributed by atoms with van der Waals surface area (Å²) in [7, 11) is 0. The van der Waals surface area contributed by atoms with Crippen molar-refractivity contribution < 1.29 is 14.3 Å². The van der Waals surface area contributed by atoms with E-state index < -0.39 is 24.3 Å². The maximum Gasteiger partial charge on any atom is 0.359 e. The van der Waals surface area contributed by atoms with Crippen molar-refractivity contribution in [2.45, 2.75) is 33.2 Å². The highest BCUT2D eigenvalue weighted by molar-refractivity contribution is 6.07. The number of benzene rings is 1. The molecule has 2 aromatic rings. The number of fused-ring (bicyclic) bond motifs is 1. The van der Waals surface area contributed by atoms with E-state index in [1.807, 2.05) is 6.92 Å². The molecular formula is C19H20N4O4. The molecule has 0 aliphatic rings. The maximum absolute atomic E-state index is 12.5. The fourth-order valence-corrected chi connectivity index (χ4v) is 2.54. The lowest BCUT2D eigenvalue weighted by atomic mass is 10.0. The molecule has 1 atom stereocenters. The van der Waals surface area contributed by atoms with Crippen LogP contribution >= 0.6 is 0 Å². The lowest BCUT2D eigenvalue weighted by molar-refractivity contribution is -0.122. The molecule has 0 radical (unpaired) electrons. The smallest absolute Gasteiger partial charge is 0.359 e. The van der Waals surface area contributed by atoms with Crippen molar-refractivity contribution in [3.05, 3.63) is 40.3 Å². The van der Waals surface area contributed by atoms with Crippen LogP contribution in [0.4, 0.5) is 0 Å². The van der Waals surface area contributed by atoms with E-state index >= 15 is 0 Å². The van der Waals surface area contributed by atoms with Crippen LogP contribution in [0.5, 0.6) is 0 Å². The first-order valence-electron chi connectivity index (χ1n) is 8.55. The molecular weight excluding hydrogens is 348 g/mol. The van der Waals surface area contributed by atoms with Gasteiger partial charge in [-0.1, -0.05) is 31.5 Å². The number of ketones is 1. The summed E-state index contributed by atoms with van der Waals surface area (Å²) in [5, 5.41) is 21.2. The van der Waals surface area contributed by atoms with Crippen molar-refractivity contribution in [1.29, 1.82) is 10.7 Å². The second kappa shape index (κ2) is 8.85. The SMILES string of the molecule is CCCCn1nc(C(=O)OCC(=O)[C@H](C#N)C(C)=N)c2ccccc2c1=O. The molecule has 0 aliphatic carbocycles. The molecule has 27 heavy (non-hydrogen) atoms. The Balaban J connectivity index is 2.34. The number of nitrogens with zero attached hydrogens (tertiary/aromatic N) is 3. The second-order valence-corrected chi connectivity index (χ2v) is 6.06. The molecule has 1 aromatic carbocycles. The fourth-order valence-electron chi connectivity index (χ4n) is 2.54. The number of esters is 1. The van der Waals surface area contributed by atoms with Crippen LogP contribution in [-0.4, -0.2) is 33.9 Å². The van der Waals surface area contributed by atoms with Crippen LogP contribution in [0, 0.1) is 22.7 Å². The van der Waals surface area contributed by atoms with Gasteiger partial charge in [-0.25, -0.2) is 9.48 Å². The number of nitrogens with one attached hydrogen (secondary N) is 1. The van der Waals surface area contributed by atoms with Gasteiger partial charge in [0.15, 0.2) is 18.1 Å². The average molecular weight is 368 g/mol. The van der Waals surface area contributed by atoms with Gasteiger partial charge in [-0.15, -0.1) is 0 Å². The maximum atomic E-state index is 12.5. The van der Waals surface area contributed by atoms with Crippen molar-refractivity contribution in [1.82, 2.24) is 9.78 Å². The summed E-state index contributed by atoms with van der Waals surface area (Å²) in [4.78, 5) is 37.0. The monoisotopic (exact) mass is 368 g/mol. The predicted octanol–water partition coefficient (Wildman–Crippen LogP) is 2.10. The molecule has 1 aromatic heterocycles. The largest absolute Gasteiger partial charge is 0.453 e. The zero-order chi connectivity index (χ0) is 20.0. The number of ether oxygens (including phenoxy) is 1. The predicted molar refractivity (Wildman–Crippen MR) is 98.7 cm³/mol. The van der Waals surface area contributed by atoms with E-state index in [1.165, 1.54) is 11.6 Å². The van der Waals surface area contributed by atoms with E-state index in [2.05, 4.69) is 5.10 Å². The number of hydrogen-bond donors (Lipinski definition) is 1. The first kappa shape index (κ1) is 20.0. The third-order valence-corrected chi connectivity index (χ3v) is 4.01. The Morgan fingerprint density at radius 3 is 2.59 bits per heavy atom. The number of carbonyl (C=O) groups is 2. The number of aryl methyl sites for hydroxylation is 1. The molecule has 0 bridgehead atoms. The Bertz CT molecular complexity index is 987. The minimum Gasteiger partial charge on any atom is -0.453 e. The fraction of sp³-hybridized carbons (Fsp3) is 0.368. The van der Waals surface area contributed by atoms with Crippen LogP contribution in [0.25, 0.3) is 10.8 Å². The second-order valence-electron chi connectivity index (χ2n) is 6.06. The Labute approximate surface area is 155 Å². The van der Waals surface area contributed by atoms with Gasteiger partial charge in [0.1, 0.15) is 5.92 Å². The van der Waals surface area contributed by atoms with E-state index in [1.54, 1.807) is 30.3 Å². The number of carbonyl (C=O) groups excluding carboxylic acids is 2. The Morgan fingerprint density at radius 1 is 1.33 bits per heavy atom. The molecule has 0 saturated heterocycles. The Hall–Kier alpha value is -3.34. The van der Waals surface area contributed by atoms with E-state index in [0.29, 0.717) is 17.3 Å². The van der Waals surface area contributed by atoms with Crippen LogP contribution < -0.4 is 5.56 Å². The van der Waals surface area contributed by atoms with Crippen LogP contribution in [0.2, 0.25) is 0 Å². The molecule has 1 heterocycles. The first-order valence-corrected chi connectivity index (χ1v) is 8.55. The van der Waals surface area contributed by atoms with E-state index in [0.717, 1.165) is 12.8 Å². The highest BCUT2D eigenvalue weighted by Crippen LogP contribution is 2.15. The van der Waals surface area contributed by atoms with Gasteiger partial charge in [0.2, 0.25) is 0 Å². The van der Waals surface area contributed by atoms with Gasteiger partial charge in [0.05, 0.1) is 11.5 Å². The van der Waals surface area contributed by atoms with Gasteiger partial charge < -0.3 is 10.1 Å². The van der Waals surface area contributed by atoms with Gasteiger partial charge in [0.25, 0.3) is 5.56 Å². The zero-order valence-electron chi connectivity index (χ0n) is 15.2. The van der Waals surface area contributed by atoms with Crippen LogP contribution in [0.3, 0.4) is 0 Å². The molecule has 8 heteroatoms. The number of nitriles is 1. The van der Waals surface area contributed by atoms with Crippen LogP contribution in [0.1, 0.15) is 37.2 Å². The van der Waals surface area contributed by atoms with Crippen LogP contribution in [0.15, 0.2) is 29.1 Å². The topological polar surface area (TPSA) is 126 Å². The highest BCUT2D eigenvalue weighted by Gasteiger charge is 2.23. The summed E-state index contributed by atoms with van der Waals surface area (Å²) in [5.41, 5.74) is -0.472. The van der Waals surface area contributed by atoms with Crippen molar-refractivity contribution in [2.24, 2.45) is 5.92 Å². The molecule has 0 amide bonds. The van der Waals surface area contributed by atoms with Gasteiger partial charge >= 0.3 is 5.97 Å². The van der Waals surface area contributed by atoms with Gasteiger partial charge in [-0.2, -0.15) is 10.4 Å². The Morgan fingerprint density at radius 2 is 2.00 bits per heavy atom. The lowest BCUT2D eigenvalue weighted by Crippen LogP contribution is -2.28. The minimum absolute atomic E-state index is 0.0609. The van der Waals surface area contributed by atoms with Crippen molar-refractivity contribution in [2.75, 3.05) is 6.61 Å². The van der Waals surface area contributed by atoms with Crippen molar-refractivity contribution in [3.63, 3.8) is 0 Å². The molecule has 0 unspecified atom stereocenters. The van der Waals surface area contributed by atoms with E-state index in [-0.39, 0.29) is 17.0 Å². The lowest BCUT2D eigenvalue weighted by Gasteiger charge is -2.11. The number of unbranched alkanes of at least 4 members (excludes halogenated alkanes) is 1. The summed E-state index contributed by atoms with van der Waals surface area (Å²) in [6.07, 6.45) is 1.58. The standard InChI is InChI=1S/C19H20N4O4/c1-3-4-9-23-18(25)14-8-6-5-7-13(14)17(22-23)19(26)27-11-16(24)15(10-20)12(2)21/h5-8,15,21H,3-4,9,11H2,1-2H3/t15-/m1/s1. The van der Waals surface area contributed by atoms with Crippen molar-refractivity contribution >= 4 is 28.2 Å². The van der Waals surface area contributed by atoms with Gasteiger partial charge in [0, 0.05) is 17.6 Å². The number of hydrogen-bond acceptors (Lipinski definition) is 7. The average Bonchev–Trinajstić information content (AvgIpc) is 2.66. The molecule has 2 rings (SSSR count). The summed E-state index contributed by atoms with van der Waals surface area (Å²) >= 11 is 0. The summed E-state index contributed by atoms with van der Waals surface area (Å²) in [5.74, 6) is -2.79. The van der Waals surface area contributed by atoms with E-state index in [4.69, 9.17) is 15.4 Å². The third-order valence-electron chi connectivity index (χ3n) is 4.01. The summed E-state index contributed by atoms with van der Waals surface area (Å²) < 4.78 is 6.24. The molecule has 8 nitrogen and oxygen atoms in total. The minimum atomic E-state index is -1.25. The zero-order valence-corrected chi connectivity index (χ0v) is 15.2. The normalized spacial score (nSPS) is 11.6. The summed E-state index contributed by atoms with van der Waals surface area (Å²) in [6.45, 7) is 3.04. The first-order chi connectivity index (χ1) is 12.9. The summed E-state index contributed by atoms with van der Waals surface area (Å²) in [6, 6.07) is 8.27. The molecule has 0 spiro atoms. The molecule has 140 valence electrons. The van der Waals surface area contributed by atoms with E-state index in [9.17, 15) is 14.4 Å². The molecule has 0 fully saturated rings. The van der Waals surface area contributed by atoms with Gasteiger partial charge in [-0.05, 0) is 19.4 Å². The van der Waals surface area contributed by atoms with Crippen molar-refractivity contribution in [3.8, 4) is 6.07 Å². The molecule has 1 N–H and O–H groups in total. The third kappa shape index (κ3) is 4.44. The van der Waals surface area contributed by atoms with Gasteiger partial charge in [-0.3, -0.25) is 9.59 Å². The number of rotatable bonds is 8. The number of Topliss-reactive ketones (excluding diaryl/α,β-unsaturated/α-hetero) is 1. The highest BCUT2D eigenvalue weighted by atomic mass is 16.5. The number of aromatic nitrogens is 2. The van der Waals surface area contributed by atoms with Crippen LogP contribution in [-0.2, 0) is 16.1 Å². The molecule has 0 aliphatic heterocycles. The quantitative estimate of drug-likeness (QED) is 0.562. The Kier molecular flexibility index (Phi) is 6.55. The molecule has 0 saturated carbocycles.